The Morgan fingerprint density at radius 2 is 1.63 bits per heavy atom. The van der Waals surface area contributed by atoms with Gasteiger partial charge in [0.25, 0.3) is 0 Å². The van der Waals surface area contributed by atoms with Crippen molar-refractivity contribution in [3.63, 3.8) is 0 Å². The zero-order valence-corrected chi connectivity index (χ0v) is 13.2. The zero-order chi connectivity index (χ0) is 15.1. The zero-order valence-electron chi connectivity index (χ0n) is 10.6. The van der Waals surface area contributed by atoms with Crippen LogP contribution in [0.4, 0.5) is 0 Å². The summed E-state index contributed by atoms with van der Waals surface area (Å²) in [5.74, 6) is 0. The average molecular weight is 335 g/mol. The minimum absolute atomic E-state index is 0.451. The topological polar surface area (TPSA) is 129 Å². The number of rotatable bonds is 4. The van der Waals surface area contributed by atoms with Gasteiger partial charge >= 0.3 is 25.0 Å². The molecule has 0 amide bonds. The fourth-order valence-electron chi connectivity index (χ4n) is 2.46. The Bertz CT molecular complexity index is 548. The normalized spacial score (nSPS) is 25.2. The van der Waals surface area contributed by atoms with E-state index in [9.17, 15) is 21.4 Å². The van der Waals surface area contributed by atoms with Crippen LogP contribution in [-0.4, -0.2) is 56.1 Å². The lowest BCUT2D eigenvalue weighted by Gasteiger charge is -2.37. The maximum Gasteiger partial charge on any atom is 0.361 e. The van der Waals surface area contributed by atoms with E-state index in [0.29, 0.717) is 13.0 Å². The van der Waals surface area contributed by atoms with E-state index in [1.807, 2.05) is 0 Å². The molecule has 0 aromatic rings. The van der Waals surface area contributed by atoms with E-state index in [2.05, 4.69) is 0 Å². The fraction of sp³-hybridized carbons (Fsp3) is 1.00. The van der Waals surface area contributed by atoms with Crippen LogP contribution in [0.15, 0.2) is 0 Å². The molecular formula is C8H18NO7PS2. The summed E-state index contributed by atoms with van der Waals surface area (Å²) in [7, 11) is -9.16. The van der Waals surface area contributed by atoms with Crippen LogP contribution in [0, 0.1) is 0 Å². The van der Waals surface area contributed by atoms with Gasteiger partial charge in [0.1, 0.15) is 0 Å². The fourth-order valence-corrected chi connectivity index (χ4v) is 10.6. The monoisotopic (exact) mass is 335 g/mol. The van der Waals surface area contributed by atoms with Crippen LogP contribution in [0.5, 0.6) is 0 Å². The van der Waals surface area contributed by atoms with Crippen LogP contribution in [0.1, 0.15) is 26.2 Å². The molecular weight excluding hydrogens is 317 g/mol. The highest BCUT2D eigenvalue weighted by molar-refractivity contribution is 8.82. The van der Waals surface area contributed by atoms with Gasteiger partial charge in [0.05, 0.1) is 5.66 Å². The molecule has 0 aromatic carbocycles. The molecule has 0 radical (unpaired) electrons. The summed E-state index contributed by atoms with van der Waals surface area (Å²) in [6, 6.07) is -0.594. The summed E-state index contributed by atoms with van der Waals surface area (Å²) in [5.41, 5.74) is -6.67. The van der Waals surface area contributed by atoms with Gasteiger partial charge in [-0.3, -0.25) is 13.7 Å². The first kappa shape index (κ1) is 17.1. The SMILES string of the molecule is CC(C1CCCCN1C)P(=O)(S(=O)(=O)O)S(=O)(=O)O. The van der Waals surface area contributed by atoms with Gasteiger partial charge in [-0.2, -0.15) is 16.8 Å². The van der Waals surface area contributed by atoms with E-state index in [1.165, 1.54) is 0 Å². The van der Waals surface area contributed by atoms with E-state index in [-0.39, 0.29) is 0 Å². The molecule has 0 saturated carbocycles. The van der Waals surface area contributed by atoms with E-state index < -0.39 is 36.7 Å². The second-order valence-corrected chi connectivity index (χ2v) is 15.1. The summed E-state index contributed by atoms with van der Waals surface area (Å²) in [6.07, 6.45) is 2.05. The van der Waals surface area contributed by atoms with Crippen LogP contribution >= 0.6 is 5.55 Å². The number of hydrogen-bond acceptors (Lipinski definition) is 6. The quantitative estimate of drug-likeness (QED) is 0.571. The second-order valence-electron chi connectivity index (χ2n) is 4.72. The Balaban J connectivity index is 3.32. The molecule has 0 aromatic heterocycles. The van der Waals surface area contributed by atoms with Gasteiger partial charge in [-0.25, -0.2) is 0 Å². The summed E-state index contributed by atoms with van der Waals surface area (Å²) in [5, 5.41) is 0. The maximum atomic E-state index is 12.3. The predicted octanol–water partition coefficient (Wildman–Crippen LogP) is 0.828. The Morgan fingerprint density at radius 3 is 2.00 bits per heavy atom. The molecule has 1 saturated heterocycles. The lowest BCUT2D eigenvalue weighted by Crippen LogP contribution is -2.44. The van der Waals surface area contributed by atoms with Crippen LogP contribution in [0.25, 0.3) is 0 Å². The van der Waals surface area contributed by atoms with Crippen molar-refractivity contribution in [1.29, 1.82) is 0 Å². The summed E-state index contributed by atoms with van der Waals surface area (Å²) in [4.78, 5) is 1.69. The molecule has 8 nitrogen and oxygen atoms in total. The van der Waals surface area contributed by atoms with Gasteiger partial charge in [0, 0.05) is 6.04 Å². The van der Waals surface area contributed by atoms with Crippen molar-refractivity contribution >= 4 is 25.0 Å². The summed E-state index contributed by atoms with van der Waals surface area (Å²) >= 11 is 0. The average Bonchev–Trinajstić information content (AvgIpc) is 2.24. The summed E-state index contributed by atoms with van der Waals surface area (Å²) in [6.45, 7) is 1.76. The first-order chi connectivity index (χ1) is 8.43. The first-order valence-corrected chi connectivity index (χ1v) is 11.5. The summed E-state index contributed by atoms with van der Waals surface area (Å²) < 4.78 is 75.2. The largest absolute Gasteiger partial charge is 0.361 e. The third kappa shape index (κ3) is 3.03. The van der Waals surface area contributed by atoms with Gasteiger partial charge in [0.15, 0.2) is 0 Å². The molecule has 11 heteroatoms. The number of piperidine rings is 1. The molecule has 114 valence electrons. The van der Waals surface area contributed by atoms with E-state index in [1.54, 1.807) is 11.9 Å². The van der Waals surface area contributed by atoms with Crippen LogP contribution in [-0.2, 0) is 24.0 Å². The van der Waals surface area contributed by atoms with Crippen molar-refractivity contribution in [2.75, 3.05) is 13.6 Å². The van der Waals surface area contributed by atoms with Gasteiger partial charge in [-0.1, -0.05) is 13.3 Å². The van der Waals surface area contributed by atoms with E-state index >= 15 is 0 Å². The number of hydrogen-bond donors (Lipinski definition) is 2. The van der Waals surface area contributed by atoms with Crippen LogP contribution < -0.4 is 0 Å². The molecule has 1 fully saturated rings. The maximum absolute atomic E-state index is 12.3. The van der Waals surface area contributed by atoms with Crippen LogP contribution in [0.3, 0.4) is 0 Å². The standard InChI is InChI=1S/C8H18NO7PS2/c1-7(8-5-3-4-6-9(8)2)17(10,18(11,12)13)19(14,15)16/h7-8H,3-6H2,1-2H3,(H,11,12,13)(H,14,15,16). The Labute approximate surface area is 112 Å². The minimum atomic E-state index is -5.40. The molecule has 0 bridgehead atoms. The van der Waals surface area contributed by atoms with Crippen molar-refractivity contribution < 1.29 is 30.5 Å². The lowest BCUT2D eigenvalue weighted by molar-refractivity contribution is 0.183. The predicted molar refractivity (Wildman–Crippen MR) is 70.4 cm³/mol. The molecule has 1 aliphatic rings. The van der Waals surface area contributed by atoms with Crippen molar-refractivity contribution in [2.24, 2.45) is 0 Å². The molecule has 1 rings (SSSR count). The van der Waals surface area contributed by atoms with Gasteiger partial charge < -0.3 is 4.90 Å². The lowest BCUT2D eigenvalue weighted by atomic mass is 10.0. The molecule has 19 heavy (non-hydrogen) atoms. The molecule has 2 unspecified atom stereocenters. The Hall–Kier alpha value is 0.01000. The van der Waals surface area contributed by atoms with E-state index in [4.69, 9.17) is 9.11 Å². The van der Waals surface area contributed by atoms with Crippen molar-refractivity contribution in [1.82, 2.24) is 4.90 Å². The highest BCUT2D eigenvalue weighted by Crippen LogP contribution is 2.62. The van der Waals surface area contributed by atoms with Gasteiger partial charge in [0.2, 0.25) is 0 Å². The Morgan fingerprint density at radius 1 is 1.16 bits per heavy atom. The van der Waals surface area contributed by atoms with Gasteiger partial charge in [-0.15, -0.1) is 0 Å². The molecule has 1 heterocycles. The molecule has 1 aliphatic heterocycles. The van der Waals surface area contributed by atoms with E-state index in [0.717, 1.165) is 19.8 Å². The molecule has 0 spiro atoms. The molecule has 2 atom stereocenters. The van der Waals surface area contributed by atoms with Crippen molar-refractivity contribution in [2.45, 2.75) is 37.9 Å². The first-order valence-electron chi connectivity index (χ1n) is 5.68. The molecule has 2 N–H and O–H groups in total. The highest BCUT2D eigenvalue weighted by Gasteiger charge is 2.56. The molecule has 0 aliphatic carbocycles. The van der Waals surface area contributed by atoms with Crippen LogP contribution in [0.2, 0.25) is 0 Å². The van der Waals surface area contributed by atoms with Crippen molar-refractivity contribution in [3.05, 3.63) is 0 Å². The highest BCUT2D eigenvalue weighted by atomic mass is 33.1. The number of likely N-dealkylation sites (tertiary alicyclic amines) is 1. The smallest absolute Gasteiger partial charge is 0.303 e. The minimum Gasteiger partial charge on any atom is -0.303 e. The van der Waals surface area contributed by atoms with Crippen molar-refractivity contribution in [3.8, 4) is 0 Å². The third-order valence-electron chi connectivity index (χ3n) is 3.53. The second kappa shape index (κ2) is 5.42. The van der Waals surface area contributed by atoms with Gasteiger partial charge in [-0.05, 0) is 26.4 Å². The number of nitrogens with zero attached hydrogens (tertiary/aromatic N) is 1. The third-order valence-corrected chi connectivity index (χ3v) is 15.4. The Kier molecular flexibility index (Phi) is 4.87.